The number of carbonyl (C=O) groups excluding carboxylic acids is 2. The lowest BCUT2D eigenvalue weighted by molar-refractivity contribution is -0.131. The SMILES string of the molecule is CC(C)(C)OC(=O)n1cccc1CCCONC(=O)C(Cl)Cl. The van der Waals surface area contributed by atoms with Crippen LogP contribution >= 0.6 is 23.2 Å². The maximum absolute atomic E-state index is 12.0. The highest BCUT2D eigenvalue weighted by Gasteiger charge is 2.19. The molecule has 1 heterocycles. The second kappa shape index (κ2) is 8.41. The van der Waals surface area contributed by atoms with Crippen molar-refractivity contribution in [3.8, 4) is 0 Å². The van der Waals surface area contributed by atoms with Gasteiger partial charge >= 0.3 is 6.09 Å². The summed E-state index contributed by atoms with van der Waals surface area (Å²) in [4.78, 5) is 26.8. The number of nitrogens with zero attached hydrogens (tertiary/aromatic N) is 1. The Morgan fingerprint density at radius 1 is 1.36 bits per heavy atom. The second-order valence-electron chi connectivity index (χ2n) is 5.57. The molecule has 1 rings (SSSR count). The average molecular weight is 351 g/mol. The third kappa shape index (κ3) is 6.68. The molecule has 1 N–H and O–H groups in total. The van der Waals surface area contributed by atoms with Gasteiger partial charge in [-0.3, -0.25) is 14.2 Å². The highest BCUT2D eigenvalue weighted by atomic mass is 35.5. The minimum Gasteiger partial charge on any atom is -0.443 e. The van der Waals surface area contributed by atoms with E-state index in [4.69, 9.17) is 32.8 Å². The predicted octanol–water partition coefficient (Wildman–Crippen LogP) is 3.06. The van der Waals surface area contributed by atoms with Gasteiger partial charge in [0.15, 0.2) is 4.84 Å². The first-order valence-electron chi connectivity index (χ1n) is 6.80. The maximum atomic E-state index is 12.0. The normalized spacial score (nSPS) is 11.5. The van der Waals surface area contributed by atoms with E-state index in [2.05, 4.69) is 5.48 Å². The highest BCUT2D eigenvalue weighted by Crippen LogP contribution is 2.12. The van der Waals surface area contributed by atoms with Crippen molar-refractivity contribution in [3.63, 3.8) is 0 Å². The summed E-state index contributed by atoms with van der Waals surface area (Å²) in [6.07, 6.45) is 2.42. The van der Waals surface area contributed by atoms with Crippen LogP contribution in [0.3, 0.4) is 0 Å². The van der Waals surface area contributed by atoms with Crippen LogP contribution in [0.25, 0.3) is 0 Å². The van der Waals surface area contributed by atoms with Gasteiger partial charge in [-0.1, -0.05) is 23.2 Å². The third-order valence-corrected chi connectivity index (χ3v) is 2.87. The van der Waals surface area contributed by atoms with Crippen LogP contribution in [0.2, 0.25) is 0 Å². The molecule has 1 aromatic heterocycles. The molecular formula is C14H20Cl2N2O4. The van der Waals surface area contributed by atoms with E-state index < -0.39 is 22.4 Å². The minimum absolute atomic E-state index is 0.270. The summed E-state index contributed by atoms with van der Waals surface area (Å²) in [6, 6.07) is 3.60. The highest BCUT2D eigenvalue weighted by molar-refractivity contribution is 6.53. The molecule has 0 spiro atoms. The minimum atomic E-state index is -1.16. The Hall–Kier alpha value is -1.24. The van der Waals surface area contributed by atoms with E-state index in [0.29, 0.717) is 12.8 Å². The molecule has 0 aromatic carbocycles. The third-order valence-electron chi connectivity index (χ3n) is 2.47. The number of halogens is 2. The van der Waals surface area contributed by atoms with Crippen LogP contribution < -0.4 is 5.48 Å². The molecule has 0 unspecified atom stereocenters. The molecule has 0 fully saturated rings. The van der Waals surface area contributed by atoms with Gasteiger partial charge in [0.2, 0.25) is 0 Å². The molecule has 22 heavy (non-hydrogen) atoms. The average Bonchev–Trinajstić information content (AvgIpc) is 2.84. The van der Waals surface area contributed by atoms with Crippen molar-refractivity contribution < 1.29 is 19.2 Å². The number of alkyl halides is 2. The maximum Gasteiger partial charge on any atom is 0.418 e. The molecule has 0 aliphatic heterocycles. The van der Waals surface area contributed by atoms with Crippen LogP contribution in [-0.2, 0) is 20.8 Å². The van der Waals surface area contributed by atoms with E-state index in [1.807, 2.05) is 26.8 Å². The lowest BCUT2D eigenvalue weighted by atomic mass is 10.2. The van der Waals surface area contributed by atoms with Gasteiger partial charge in [0, 0.05) is 11.9 Å². The Kier molecular flexibility index (Phi) is 7.19. The standard InChI is InChI=1S/C14H20Cl2N2O4/c1-14(2,3)22-13(20)18-8-4-6-10(18)7-5-9-21-17-12(19)11(15)16/h4,6,8,11H,5,7,9H2,1-3H3,(H,17,19). The zero-order valence-electron chi connectivity index (χ0n) is 12.8. The van der Waals surface area contributed by atoms with Gasteiger partial charge in [0.25, 0.3) is 5.91 Å². The molecular weight excluding hydrogens is 331 g/mol. The number of aryl methyl sites for hydroxylation is 1. The van der Waals surface area contributed by atoms with Crippen molar-refractivity contribution in [1.29, 1.82) is 0 Å². The molecule has 0 saturated carbocycles. The molecule has 0 aliphatic carbocycles. The topological polar surface area (TPSA) is 69.6 Å². The monoisotopic (exact) mass is 350 g/mol. The van der Waals surface area contributed by atoms with Crippen LogP contribution in [0.5, 0.6) is 0 Å². The summed E-state index contributed by atoms with van der Waals surface area (Å²) in [7, 11) is 0. The van der Waals surface area contributed by atoms with E-state index in [-0.39, 0.29) is 6.61 Å². The van der Waals surface area contributed by atoms with Gasteiger partial charge in [0.05, 0.1) is 6.61 Å². The Balaban J connectivity index is 2.40. The number of aromatic nitrogens is 1. The summed E-state index contributed by atoms with van der Waals surface area (Å²) >= 11 is 10.7. The van der Waals surface area contributed by atoms with E-state index in [1.165, 1.54) is 4.57 Å². The molecule has 6 nitrogen and oxygen atoms in total. The van der Waals surface area contributed by atoms with Gasteiger partial charge < -0.3 is 4.74 Å². The van der Waals surface area contributed by atoms with E-state index in [0.717, 1.165) is 5.69 Å². The quantitative estimate of drug-likeness (QED) is 0.486. The Morgan fingerprint density at radius 2 is 2.05 bits per heavy atom. The predicted molar refractivity (Wildman–Crippen MR) is 84.0 cm³/mol. The summed E-state index contributed by atoms with van der Waals surface area (Å²) in [5.74, 6) is -0.611. The Bertz CT molecular complexity index is 509. The molecule has 0 aliphatic rings. The molecule has 0 saturated heterocycles. The lowest BCUT2D eigenvalue weighted by Gasteiger charge is -2.20. The Labute approximate surface area is 139 Å². The summed E-state index contributed by atoms with van der Waals surface area (Å²) in [5.41, 5.74) is 2.38. The molecule has 1 aromatic rings. The van der Waals surface area contributed by atoms with Crippen molar-refractivity contribution in [2.75, 3.05) is 6.61 Å². The fourth-order valence-corrected chi connectivity index (χ4v) is 1.69. The fourth-order valence-electron chi connectivity index (χ4n) is 1.60. The number of nitrogens with one attached hydrogen (secondary N) is 1. The van der Waals surface area contributed by atoms with Crippen molar-refractivity contribution in [1.82, 2.24) is 10.0 Å². The number of hydrogen-bond acceptors (Lipinski definition) is 4. The van der Waals surface area contributed by atoms with Crippen molar-refractivity contribution >= 4 is 35.2 Å². The van der Waals surface area contributed by atoms with E-state index >= 15 is 0 Å². The summed E-state index contributed by atoms with van der Waals surface area (Å²) in [5, 5.41) is 0. The zero-order chi connectivity index (χ0) is 16.8. The number of carbonyl (C=O) groups is 2. The first-order chi connectivity index (χ1) is 10.2. The summed E-state index contributed by atoms with van der Waals surface area (Å²) in [6.45, 7) is 5.70. The molecule has 0 bridgehead atoms. The number of hydrogen-bond donors (Lipinski definition) is 1. The molecule has 124 valence electrons. The van der Waals surface area contributed by atoms with E-state index in [9.17, 15) is 9.59 Å². The summed E-state index contributed by atoms with van der Waals surface area (Å²) < 4.78 is 6.77. The van der Waals surface area contributed by atoms with Crippen molar-refractivity contribution in [2.24, 2.45) is 0 Å². The van der Waals surface area contributed by atoms with Gasteiger partial charge in [0.1, 0.15) is 5.60 Å². The number of amides is 1. The first kappa shape index (κ1) is 18.8. The molecule has 0 atom stereocenters. The van der Waals surface area contributed by atoms with Crippen LogP contribution in [0.15, 0.2) is 18.3 Å². The van der Waals surface area contributed by atoms with Gasteiger partial charge in [-0.25, -0.2) is 10.3 Å². The largest absolute Gasteiger partial charge is 0.443 e. The second-order valence-corrected chi connectivity index (χ2v) is 6.67. The van der Waals surface area contributed by atoms with Crippen LogP contribution in [-0.4, -0.2) is 33.6 Å². The van der Waals surface area contributed by atoms with Crippen LogP contribution in [0, 0.1) is 0 Å². The molecule has 0 radical (unpaired) electrons. The van der Waals surface area contributed by atoms with Crippen LogP contribution in [0.1, 0.15) is 32.9 Å². The lowest BCUT2D eigenvalue weighted by Crippen LogP contribution is -2.29. The fraction of sp³-hybridized carbons (Fsp3) is 0.571. The Morgan fingerprint density at radius 3 is 2.64 bits per heavy atom. The van der Waals surface area contributed by atoms with Gasteiger partial charge in [-0.05, 0) is 45.7 Å². The van der Waals surface area contributed by atoms with E-state index in [1.54, 1.807) is 12.3 Å². The number of hydroxylamine groups is 1. The molecule has 1 amide bonds. The molecule has 8 heteroatoms. The van der Waals surface area contributed by atoms with Crippen molar-refractivity contribution in [3.05, 3.63) is 24.0 Å². The number of rotatable bonds is 6. The van der Waals surface area contributed by atoms with Crippen LogP contribution in [0.4, 0.5) is 4.79 Å². The van der Waals surface area contributed by atoms with Gasteiger partial charge in [-0.2, -0.15) is 0 Å². The zero-order valence-corrected chi connectivity index (χ0v) is 14.3. The smallest absolute Gasteiger partial charge is 0.418 e. The van der Waals surface area contributed by atoms with Gasteiger partial charge in [-0.15, -0.1) is 0 Å². The first-order valence-corrected chi connectivity index (χ1v) is 7.67. The number of ether oxygens (including phenoxy) is 1. The van der Waals surface area contributed by atoms with Crippen molar-refractivity contribution in [2.45, 2.75) is 44.1 Å².